The Morgan fingerprint density at radius 3 is 1.52 bits per heavy atom. The second-order valence-electron chi connectivity index (χ2n) is 4.87. The van der Waals surface area contributed by atoms with E-state index in [-0.39, 0.29) is 12.1 Å². The molecule has 1 atom stereocenters. The van der Waals surface area contributed by atoms with E-state index in [4.69, 9.17) is 0 Å². The third-order valence-corrected chi connectivity index (χ3v) is 3.40. The zero-order valence-corrected chi connectivity index (χ0v) is 12.9. The molecule has 0 nitrogen and oxygen atoms in total. The van der Waals surface area contributed by atoms with Crippen molar-refractivity contribution in [1.82, 2.24) is 0 Å². The molecule has 0 aliphatic heterocycles. The molecule has 0 spiro atoms. The van der Waals surface area contributed by atoms with Gasteiger partial charge in [0, 0.05) is 10.0 Å². The van der Waals surface area contributed by atoms with Crippen LogP contribution >= 0.6 is 15.9 Å². The van der Waals surface area contributed by atoms with E-state index in [1.54, 1.807) is 0 Å². The summed E-state index contributed by atoms with van der Waals surface area (Å²) in [7, 11) is 0. The van der Waals surface area contributed by atoms with Crippen LogP contribution in [0, 0.1) is 0 Å². The van der Waals surface area contributed by atoms with Gasteiger partial charge in [-0.15, -0.1) is 0 Å². The highest BCUT2D eigenvalue weighted by Gasteiger charge is 2.81. The van der Waals surface area contributed by atoms with E-state index >= 15 is 0 Å². The van der Waals surface area contributed by atoms with Crippen molar-refractivity contribution in [2.24, 2.45) is 0 Å². The largest absolute Gasteiger partial charge is 0.457 e. The molecule has 0 fully saturated rings. The second kappa shape index (κ2) is 6.23. The zero-order valence-electron chi connectivity index (χ0n) is 11.4. The van der Waals surface area contributed by atoms with Crippen LogP contribution < -0.4 is 0 Å². The van der Waals surface area contributed by atoms with Crippen molar-refractivity contribution < 1.29 is 52.7 Å². The molecule has 13 heteroatoms. The lowest BCUT2D eigenvalue weighted by Gasteiger charge is -2.36. The average Bonchev–Trinajstić information content (AvgIpc) is 2.31. The maximum Gasteiger partial charge on any atom is 0.457 e. The Morgan fingerprint density at radius 2 is 1.16 bits per heavy atom. The molecule has 0 N–H and O–H groups in total. The van der Waals surface area contributed by atoms with Gasteiger partial charge in [-0.25, -0.2) is 4.39 Å². The van der Waals surface area contributed by atoms with Crippen molar-refractivity contribution >= 4 is 15.9 Å². The minimum absolute atomic E-state index is 0.0903. The van der Waals surface area contributed by atoms with Crippen LogP contribution in [-0.2, 0) is 12.1 Å². The van der Waals surface area contributed by atoms with Crippen LogP contribution in [0.25, 0.3) is 0 Å². The van der Waals surface area contributed by atoms with Gasteiger partial charge in [0.1, 0.15) is 0 Å². The lowest BCUT2D eigenvalue weighted by molar-refractivity contribution is -0.389. The standard InChI is InChI=1S/C12H5BrF12/c13-7-2-5(4-8(14,15)16)1-6(3-7)9(17,11(20,21)22)10(18,19)12(23,24)25/h1-3H,4H2. The molecule has 144 valence electrons. The predicted molar refractivity (Wildman–Crippen MR) is 63.7 cm³/mol. The number of hydrogen-bond donors (Lipinski definition) is 0. The van der Waals surface area contributed by atoms with Crippen LogP contribution in [0.1, 0.15) is 11.1 Å². The molecule has 1 aromatic rings. The minimum Gasteiger partial charge on any atom is -0.221 e. The van der Waals surface area contributed by atoms with Crippen LogP contribution in [0.2, 0.25) is 0 Å². The van der Waals surface area contributed by atoms with Crippen LogP contribution in [0.15, 0.2) is 22.7 Å². The van der Waals surface area contributed by atoms with Crippen molar-refractivity contribution in [3.05, 3.63) is 33.8 Å². The molecular formula is C12H5BrF12. The van der Waals surface area contributed by atoms with Gasteiger partial charge in [0.25, 0.3) is 0 Å². The Bertz CT molecular complexity index is 626. The number of halogens is 13. The van der Waals surface area contributed by atoms with Gasteiger partial charge in [0.2, 0.25) is 0 Å². The number of alkyl halides is 12. The van der Waals surface area contributed by atoms with Crippen molar-refractivity contribution in [3.8, 4) is 0 Å². The summed E-state index contributed by atoms with van der Waals surface area (Å²) in [5, 5.41) is 0. The van der Waals surface area contributed by atoms with Crippen molar-refractivity contribution in [1.29, 1.82) is 0 Å². The molecule has 25 heavy (non-hydrogen) atoms. The molecule has 1 aromatic carbocycles. The highest BCUT2D eigenvalue weighted by atomic mass is 79.9. The lowest BCUT2D eigenvalue weighted by Crippen LogP contribution is -2.59. The molecular weight excluding hydrogens is 452 g/mol. The first kappa shape index (κ1) is 21.9. The van der Waals surface area contributed by atoms with Gasteiger partial charge >= 0.3 is 30.1 Å². The smallest absolute Gasteiger partial charge is 0.221 e. The molecule has 1 unspecified atom stereocenters. The predicted octanol–water partition coefficient (Wildman–Crippen LogP) is 6.48. The van der Waals surface area contributed by atoms with Gasteiger partial charge < -0.3 is 0 Å². The highest BCUT2D eigenvalue weighted by molar-refractivity contribution is 9.10. The van der Waals surface area contributed by atoms with Crippen LogP contribution in [0.3, 0.4) is 0 Å². The van der Waals surface area contributed by atoms with Crippen molar-refractivity contribution in [2.75, 3.05) is 0 Å². The third-order valence-electron chi connectivity index (χ3n) is 2.94. The molecule has 0 radical (unpaired) electrons. The summed E-state index contributed by atoms with van der Waals surface area (Å²) >= 11 is 2.37. The molecule has 0 aliphatic rings. The summed E-state index contributed by atoms with van der Waals surface area (Å²) in [6.07, 6.45) is -20.7. The first-order chi connectivity index (χ1) is 10.8. The van der Waals surface area contributed by atoms with Crippen LogP contribution in [-0.4, -0.2) is 24.5 Å². The summed E-state index contributed by atoms with van der Waals surface area (Å²) < 4.78 is 152. The van der Waals surface area contributed by atoms with Gasteiger partial charge in [-0.3, -0.25) is 0 Å². The molecule has 0 aromatic heterocycles. The summed E-state index contributed by atoms with van der Waals surface area (Å²) in [5.74, 6) is -6.95. The van der Waals surface area contributed by atoms with Gasteiger partial charge in [-0.05, 0) is 17.7 Å². The van der Waals surface area contributed by atoms with E-state index in [0.29, 0.717) is 6.07 Å². The van der Waals surface area contributed by atoms with E-state index in [0.717, 1.165) is 0 Å². The molecule has 0 aliphatic carbocycles. The third kappa shape index (κ3) is 4.17. The van der Waals surface area contributed by atoms with Gasteiger partial charge in [0.15, 0.2) is 0 Å². The van der Waals surface area contributed by atoms with Crippen molar-refractivity contribution in [3.63, 3.8) is 0 Å². The average molecular weight is 457 g/mol. The second-order valence-corrected chi connectivity index (χ2v) is 5.78. The molecule has 0 heterocycles. The Kier molecular flexibility index (Phi) is 5.46. The highest BCUT2D eigenvalue weighted by Crippen LogP contribution is 2.58. The molecule has 0 amide bonds. The Hall–Kier alpha value is -1.14. The fourth-order valence-electron chi connectivity index (χ4n) is 1.90. The Morgan fingerprint density at radius 1 is 0.680 bits per heavy atom. The van der Waals surface area contributed by atoms with E-state index in [2.05, 4.69) is 15.9 Å². The SMILES string of the molecule is FC(F)(F)Cc1cc(Br)cc(C(F)(C(F)(F)F)C(F)(F)C(F)(F)F)c1. The monoisotopic (exact) mass is 456 g/mol. The fraction of sp³-hybridized carbons (Fsp3) is 0.500. The first-order valence-electron chi connectivity index (χ1n) is 5.90. The van der Waals surface area contributed by atoms with E-state index in [1.807, 2.05) is 0 Å². The van der Waals surface area contributed by atoms with Crippen LogP contribution in [0.4, 0.5) is 52.7 Å². The van der Waals surface area contributed by atoms with Gasteiger partial charge in [0.05, 0.1) is 6.42 Å². The lowest BCUT2D eigenvalue weighted by atomic mass is 9.86. The summed E-state index contributed by atoms with van der Waals surface area (Å²) in [4.78, 5) is 0. The molecule has 0 saturated carbocycles. The quantitative estimate of drug-likeness (QED) is 0.456. The van der Waals surface area contributed by atoms with Gasteiger partial charge in [-0.2, -0.15) is 48.3 Å². The maximum absolute atomic E-state index is 14.2. The Balaban J connectivity index is 3.70. The summed E-state index contributed by atoms with van der Waals surface area (Å²) in [6.45, 7) is 0. The Labute approximate surface area is 139 Å². The minimum atomic E-state index is -6.95. The normalized spacial score (nSPS) is 16.7. The van der Waals surface area contributed by atoms with Gasteiger partial charge in [-0.1, -0.05) is 22.0 Å². The first-order valence-corrected chi connectivity index (χ1v) is 6.69. The number of hydrogen-bond acceptors (Lipinski definition) is 0. The van der Waals surface area contributed by atoms with Crippen molar-refractivity contribution in [2.45, 2.75) is 36.5 Å². The van der Waals surface area contributed by atoms with E-state index in [9.17, 15) is 52.7 Å². The zero-order chi connectivity index (χ0) is 20.1. The maximum atomic E-state index is 14.2. The van der Waals surface area contributed by atoms with E-state index in [1.165, 1.54) is 0 Å². The van der Waals surface area contributed by atoms with E-state index < -0.39 is 52.1 Å². The molecule has 0 saturated heterocycles. The topological polar surface area (TPSA) is 0 Å². The van der Waals surface area contributed by atoms with Crippen LogP contribution in [0.5, 0.6) is 0 Å². The fourth-order valence-corrected chi connectivity index (χ4v) is 2.44. The molecule has 0 bridgehead atoms. The molecule has 1 rings (SSSR count). The summed E-state index contributed by atoms with van der Waals surface area (Å²) in [5.41, 5.74) is -9.74. The number of rotatable bonds is 3. The number of benzene rings is 1. The summed E-state index contributed by atoms with van der Waals surface area (Å²) in [6, 6.07) is 0.0952.